The van der Waals surface area contributed by atoms with Gasteiger partial charge in [-0.1, -0.05) is 44.2 Å². The van der Waals surface area contributed by atoms with Crippen molar-refractivity contribution in [1.82, 2.24) is 5.32 Å². The third-order valence-corrected chi connectivity index (χ3v) is 3.53. The Morgan fingerprint density at radius 1 is 1.17 bits per heavy atom. The molecule has 0 heterocycles. The minimum absolute atomic E-state index is 0.198. The van der Waals surface area contributed by atoms with Gasteiger partial charge in [0.25, 0.3) is 0 Å². The summed E-state index contributed by atoms with van der Waals surface area (Å²) in [5, 5.41) is 3.53. The summed E-state index contributed by atoms with van der Waals surface area (Å²) in [5.41, 5.74) is 1.60. The van der Waals surface area contributed by atoms with Crippen LogP contribution in [0.2, 0.25) is 0 Å². The number of nitrogens with one attached hydrogen (secondary N) is 1. The highest BCUT2D eigenvalue weighted by atomic mass is 16.5. The van der Waals surface area contributed by atoms with Gasteiger partial charge in [-0.2, -0.15) is 0 Å². The molecule has 0 aliphatic carbocycles. The minimum atomic E-state index is 0.198. The molecule has 1 aromatic rings. The van der Waals surface area contributed by atoms with Gasteiger partial charge in [-0.15, -0.1) is 0 Å². The Morgan fingerprint density at radius 3 is 2.33 bits per heavy atom. The maximum absolute atomic E-state index is 5.25. The van der Waals surface area contributed by atoms with Crippen LogP contribution in [0.3, 0.4) is 0 Å². The Hall–Kier alpha value is -0.860. The first-order valence-corrected chi connectivity index (χ1v) is 6.77. The zero-order chi connectivity index (χ0) is 13.6. The van der Waals surface area contributed by atoms with Crippen LogP contribution in [-0.2, 0) is 10.2 Å². The molecule has 0 saturated heterocycles. The van der Waals surface area contributed by atoms with Crippen molar-refractivity contribution in [2.24, 2.45) is 0 Å². The van der Waals surface area contributed by atoms with E-state index in [4.69, 9.17) is 4.74 Å². The summed E-state index contributed by atoms with van der Waals surface area (Å²) >= 11 is 0. The zero-order valence-electron chi connectivity index (χ0n) is 12.4. The van der Waals surface area contributed by atoms with Gasteiger partial charge in [0.1, 0.15) is 0 Å². The highest BCUT2D eigenvalue weighted by Gasteiger charge is 2.23. The summed E-state index contributed by atoms with van der Waals surface area (Å²) in [5.74, 6) is 0. The lowest BCUT2D eigenvalue weighted by molar-refractivity contribution is 0.113. The molecular weight excluding hydrogens is 222 g/mol. The van der Waals surface area contributed by atoms with Gasteiger partial charge >= 0.3 is 0 Å². The molecule has 2 atom stereocenters. The average Bonchev–Trinajstić information content (AvgIpc) is 2.36. The third-order valence-electron chi connectivity index (χ3n) is 3.53. The molecule has 1 rings (SSSR count). The fourth-order valence-electron chi connectivity index (χ4n) is 2.30. The maximum atomic E-state index is 5.25. The van der Waals surface area contributed by atoms with Crippen LogP contribution in [-0.4, -0.2) is 25.8 Å². The van der Waals surface area contributed by atoms with Crippen LogP contribution in [0.4, 0.5) is 0 Å². The first-order valence-electron chi connectivity index (χ1n) is 6.77. The Morgan fingerprint density at radius 2 is 1.78 bits per heavy atom. The van der Waals surface area contributed by atoms with E-state index in [9.17, 15) is 0 Å². The van der Waals surface area contributed by atoms with Crippen molar-refractivity contribution in [3.8, 4) is 0 Å². The number of benzene rings is 1. The van der Waals surface area contributed by atoms with Crippen molar-refractivity contribution in [2.45, 2.75) is 51.7 Å². The number of methoxy groups -OCH3 is 1. The SMILES string of the molecule is COC(C)CNC(C)CC(C)(C)c1ccccc1. The van der Waals surface area contributed by atoms with E-state index in [1.54, 1.807) is 7.11 Å². The molecule has 2 unspecified atom stereocenters. The second kappa shape index (κ2) is 6.91. The predicted octanol–water partition coefficient (Wildman–Crippen LogP) is 3.37. The van der Waals surface area contributed by atoms with E-state index in [2.05, 4.69) is 63.3 Å². The molecule has 0 spiro atoms. The summed E-state index contributed by atoms with van der Waals surface area (Å²) in [4.78, 5) is 0. The molecule has 0 amide bonds. The van der Waals surface area contributed by atoms with Crippen LogP contribution in [0.1, 0.15) is 39.7 Å². The van der Waals surface area contributed by atoms with Crippen molar-refractivity contribution in [3.63, 3.8) is 0 Å². The highest BCUT2D eigenvalue weighted by Crippen LogP contribution is 2.27. The fourth-order valence-corrected chi connectivity index (χ4v) is 2.30. The van der Waals surface area contributed by atoms with Crippen LogP contribution in [0.5, 0.6) is 0 Å². The first-order chi connectivity index (χ1) is 8.45. The van der Waals surface area contributed by atoms with Gasteiger partial charge in [-0.25, -0.2) is 0 Å². The molecule has 0 aliphatic rings. The summed E-state index contributed by atoms with van der Waals surface area (Å²) in [6, 6.07) is 11.2. The van der Waals surface area contributed by atoms with Crippen LogP contribution in [0, 0.1) is 0 Å². The maximum Gasteiger partial charge on any atom is 0.0667 e. The lowest BCUT2D eigenvalue weighted by Gasteiger charge is -2.29. The molecule has 18 heavy (non-hydrogen) atoms. The standard InChI is InChI=1S/C16H27NO/c1-13(17-12-14(2)18-5)11-16(3,4)15-9-7-6-8-10-15/h6-10,13-14,17H,11-12H2,1-5H3. The Labute approximate surface area is 112 Å². The number of hydrogen-bond acceptors (Lipinski definition) is 2. The normalized spacial score (nSPS) is 15.4. The monoisotopic (exact) mass is 249 g/mol. The number of hydrogen-bond donors (Lipinski definition) is 1. The summed E-state index contributed by atoms with van der Waals surface area (Å²) < 4.78 is 5.25. The smallest absolute Gasteiger partial charge is 0.0667 e. The Bertz CT molecular complexity index is 334. The van der Waals surface area contributed by atoms with Crippen LogP contribution < -0.4 is 5.32 Å². The minimum Gasteiger partial charge on any atom is -0.380 e. The summed E-state index contributed by atoms with van der Waals surface area (Å²) in [6.45, 7) is 9.85. The van der Waals surface area contributed by atoms with Crippen LogP contribution in [0.25, 0.3) is 0 Å². The average molecular weight is 249 g/mol. The molecule has 1 aromatic carbocycles. The van der Waals surface area contributed by atoms with E-state index in [0.29, 0.717) is 6.04 Å². The quantitative estimate of drug-likeness (QED) is 0.800. The van der Waals surface area contributed by atoms with E-state index in [1.165, 1.54) is 5.56 Å². The van der Waals surface area contributed by atoms with Crippen molar-refractivity contribution in [3.05, 3.63) is 35.9 Å². The van der Waals surface area contributed by atoms with Gasteiger partial charge in [0, 0.05) is 19.7 Å². The summed E-state index contributed by atoms with van der Waals surface area (Å²) in [7, 11) is 1.75. The van der Waals surface area contributed by atoms with Crippen molar-refractivity contribution < 1.29 is 4.74 Å². The Balaban J connectivity index is 2.50. The van der Waals surface area contributed by atoms with Crippen molar-refractivity contribution in [2.75, 3.05) is 13.7 Å². The topological polar surface area (TPSA) is 21.3 Å². The third kappa shape index (κ3) is 4.79. The van der Waals surface area contributed by atoms with Gasteiger partial charge in [0.15, 0.2) is 0 Å². The van der Waals surface area contributed by atoms with E-state index in [-0.39, 0.29) is 11.5 Å². The molecule has 1 N–H and O–H groups in total. The molecule has 0 radical (unpaired) electrons. The van der Waals surface area contributed by atoms with Gasteiger partial charge in [-0.3, -0.25) is 0 Å². The predicted molar refractivity (Wildman–Crippen MR) is 78.0 cm³/mol. The molecular formula is C16H27NO. The molecule has 2 nitrogen and oxygen atoms in total. The lowest BCUT2D eigenvalue weighted by Crippen LogP contribution is -2.37. The highest BCUT2D eigenvalue weighted by molar-refractivity contribution is 5.23. The summed E-state index contributed by atoms with van der Waals surface area (Å²) in [6.07, 6.45) is 1.39. The molecule has 0 fully saturated rings. The lowest BCUT2D eigenvalue weighted by atomic mass is 9.79. The van der Waals surface area contributed by atoms with Gasteiger partial charge in [0.2, 0.25) is 0 Å². The van der Waals surface area contributed by atoms with Crippen LogP contribution >= 0.6 is 0 Å². The zero-order valence-corrected chi connectivity index (χ0v) is 12.4. The molecule has 102 valence electrons. The second-order valence-electron chi connectivity index (χ2n) is 5.81. The van der Waals surface area contributed by atoms with Crippen molar-refractivity contribution >= 4 is 0 Å². The van der Waals surface area contributed by atoms with Crippen molar-refractivity contribution in [1.29, 1.82) is 0 Å². The second-order valence-corrected chi connectivity index (χ2v) is 5.81. The van der Waals surface area contributed by atoms with Gasteiger partial charge in [0.05, 0.1) is 6.10 Å². The molecule has 0 aromatic heterocycles. The first kappa shape index (κ1) is 15.2. The van der Waals surface area contributed by atoms with Crippen LogP contribution in [0.15, 0.2) is 30.3 Å². The largest absolute Gasteiger partial charge is 0.380 e. The molecule has 0 bridgehead atoms. The number of rotatable bonds is 7. The molecule has 0 saturated carbocycles. The molecule has 2 heteroatoms. The van der Waals surface area contributed by atoms with Gasteiger partial charge in [-0.05, 0) is 31.2 Å². The molecule has 0 aliphatic heterocycles. The van der Waals surface area contributed by atoms with E-state index in [1.807, 2.05) is 0 Å². The number of ether oxygens (including phenoxy) is 1. The fraction of sp³-hybridized carbons (Fsp3) is 0.625. The van der Waals surface area contributed by atoms with E-state index >= 15 is 0 Å². The van der Waals surface area contributed by atoms with E-state index < -0.39 is 0 Å². The van der Waals surface area contributed by atoms with Gasteiger partial charge < -0.3 is 10.1 Å². The Kier molecular flexibility index (Phi) is 5.83. The van der Waals surface area contributed by atoms with E-state index in [0.717, 1.165) is 13.0 Å².